The van der Waals surface area contributed by atoms with Crippen molar-refractivity contribution in [3.8, 4) is 0 Å². The van der Waals surface area contributed by atoms with Crippen molar-refractivity contribution in [3.05, 3.63) is 48.2 Å². The monoisotopic (exact) mass is 264 g/mol. The van der Waals surface area contributed by atoms with Crippen LogP contribution in [-0.4, -0.2) is 18.4 Å². The number of hydrogen-bond donors (Lipinski definition) is 2. The molecule has 3 heteroatoms. The number of hydrogen-bond acceptors (Lipinski definition) is 3. The van der Waals surface area contributed by atoms with Gasteiger partial charge in [-0.2, -0.15) is 0 Å². The van der Waals surface area contributed by atoms with Crippen molar-refractivity contribution in [2.45, 2.75) is 39.7 Å². The van der Waals surface area contributed by atoms with Crippen LogP contribution in [0.4, 0.5) is 0 Å². The molecule has 1 heterocycles. The van der Waals surface area contributed by atoms with Gasteiger partial charge in [-0.1, -0.05) is 51.7 Å². The second-order valence-corrected chi connectivity index (χ2v) is 4.02. The van der Waals surface area contributed by atoms with E-state index in [4.69, 9.17) is 5.73 Å². The lowest BCUT2D eigenvalue weighted by atomic mass is 9.97. The van der Waals surface area contributed by atoms with Crippen LogP contribution in [-0.2, 0) is 4.79 Å². The Morgan fingerprint density at radius 3 is 2.84 bits per heavy atom. The van der Waals surface area contributed by atoms with E-state index in [1.54, 1.807) is 0 Å². The summed E-state index contributed by atoms with van der Waals surface area (Å²) >= 11 is 0. The summed E-state index contributed by atoms with van der Waals surface area (Å²) in [6.07, 6.45) is 10.8. The summed E-state index contributed by atoms with van der Waals surface area (Å²) < 4.78 is 0. The molecule has 1 aliphatic heterocycles. The molecular weight excluding hydrogens is 236 g/mol. The third kappa shape index (κ3) is 6.77. The van der Waals surface area contributed by atoms with Crippen molar-refractivity contribution < 1.29 is 6.22 Å². The first-order valence-corrected chi connectivity index (χ1v) is 6.88. The Balaban J connectivity index is 0. The highest BCUT2D eigenvalue weighted by molar-refractivity contribution is 5.83. The number of allylic oxidation sites excluding steroid dienone is 4. The van der Waals surface area contributed by atoms with Crippen LogP contribution >= 0.6 is 0 Å². The first-order valence-electron chi connectivity index (χ1n) is 6.88. The average molecular weight is 264 g/mol. The second kappa shape index (κ2) is 10.3. The summed E-state index contributed by atoms with van der Waals surface area (Å²) in [7, 11) is 0. The normalized spacial score (nSPS) is 22.1. The summed E-state index contributed by atoms with van der Waals surface area (Å²) in [4.78, 5) is 11.5. The molecule has 0 amide bonds. The van der Waals surface area contributed by atoms with Crippen molar-refractivity contribution in [2.24, 2.45) is 5.73 Å². The van der Waals surface area contributed by atoms with Crippen molar-refractivity contribution in [1.29, 1.82) is 0 Å². The summed E-state index contributed by atoms with van der Waals surface area (Å²) in [6, 6.07) is -0.438. The maximum atomic E-state index is 11.5. The molecule has 0 aromatic rings. The minimum Gasteiger partial charge on any atom is -0.387 e. The Hall–Kier alpha value is -1.61. The van der Waals surface area contributed by atoms with E-state index in [9.17, 15) is 4.79 Å². The molecule has 0 radical (unpaired) electrons. The highest BCUT2D eigenvalue weighted by Gasteiger charge is 2.14. The van der Waals surface area contributed by atoms with Crippen LogP contribution in [0.3, 0.4) is 0 Å². The van der Waals surface area contributed by atoms with Crippen LogP contribution in [0.1, 0.15) is 35.0 Å². The van der Waals surface area contributed by atoms with E-state index in [0.29, 0.717) is 12.8 Å². The minimum atomic E-state index is -0.438. The molecule has 3 nitrogen and oxygen atoms in total. The average Bonchev–Trinajstić information content (AvgIpc) is 2.54. The minimum absolute atomic E-state index is 0. The molecule has 1 aliphatic rings. The van der Waals surface area contributed by atoms with E-state index >= 15 is 0 Å². The number of ketones is 1. The van der Waals surface area contributed by atoms with Crippen LogP contribution in [0, 0.1) is 0 Å². The van der Waals surface area contributed by atoms with Gasteiger partial charge in [0.05, 0.1) is 6.04 Å². The number of nitrogens with one attached hydrogen (secondary N) is 1. The maximum absolute atomic E-state index is 11.5. The summed E-state index contributed by atoms with van der Waals surface area (Å²) in [5, 5.41) is 3.15. The molecule has 0 aliphatic carbocycles. The van der Waals surface area contributed by atoms with Gasteiger partial charge in [0.25, 0.3) is 0 Å². The van der Waals surface area contributed by atoms with E-state index in [2.05, 4.69) is 11.9 Å². The van der Waals surface area contributed by atoms with Crippen molar-refractivity contribution in [3.63, 3.8) is 0 Å². The third-order valence-electron chi connectivity index (χ3n) is 2.67. The fraction of sp³-hybridized carbons (Fsp3) is 0.438. The molecule has 0 bridgehead atoms. The molecule has 19 heavy (non-hydrogen) atoms. The molecule has 0 saturated heterocycles. The highest BCUT2D eigenvalue weighted by atomic mass is 16.1. The molecule has 0 spiro atoms. The molecule has 1 atom stereocenters. The molecule has 0 aromatic carbocycles. The number of Topliss-reactive ketones (excluding diaryl/α,β-unsaturated/α-hetero) is 1. The lowest BCUT2D eigenvalue weighted by Crippen LogP contribution is -2.30. The van der Waals surface area contributed by atoms with Crippen LogP contribution in [0.25, 0.3) is 0 Å². The zero-order valence-corrected chi connectivity index (χ0v) is 12.3. The predicted octanol–water partition coefficient (Wildman–Crippen LogP) is 3.11. The lowest BCUT2D eigenvalue weighted by molar-refractivity contribution is -0.119. The smallest absolute Gasteiger partial charge is 0.149 e. The largest absolute Gasteiger partial charge is 0.387 e. The zero-order valence-electron chi connectivity index (χ0n) is 12.3. The number of carbonyl (C=O) groups excluding carboxylic acids is 1. The molecular formula is C16H28N2O. The summed E-state index contributed by atoms with van der Waals surface area (Å²) in [5.41, 5.74) is 7.73. The SMILES string of the molecule is C=C1/C=C\C=C/CN/C=C\1CC(N)C(=O)CC.CC.[HH]. The van der Waals surface area contributed by atoms with E-state index in [1.165, 1.54) is 0 Å². The van der Waals surface area contributed by atoms with Gasteiger partial charge >= 0.3 is 0 Å². The van der Waals surface area contributed by atoms with Gasteiger partial charge < -0.3 is 11.1 Å². The molecule has 3 N–H and O–H groups in total. The van der Waals surface area contributed by atoms with Crippen LogP contribution in [0.15, 0.2) is 48.2 Å². The van der Waals surface area contributed by atoms with Gasteiger partial charge in [-0.15, -0.1) is 0 Å². The van der Waals surface area contributed by atoms with Crippen LogP contribution in [0.2, 0.25) is 0 Å². The van der Waals surface area contributed by atoms with Crippen molar-refractivity contribution in [2.75, 3.05) is 6.54 Å². The maximum Gasteiger partial charge on any atom is 0.149 e. The quantitative estimate of drug-likeness (QED) is 0.820. The zero-order chi connectivity index (χ0) is 14.7. The Kier molecular flexibility index (Phi) is 9.45. The van der Waals surface area contributed by atoms with Gasteiger partial charge in [0, 0.05) is 20.6 Å². The first kappa shape index (κ1) is 17.4. The van der Waals surface area contributed by atoms with Gasteiger partial charge in [0.15, 0.2) is 0 Å². The molecule has 0 fully saturated rings. The molecule has 108 valence electrons. The molecule has 0 saturated carbocycles. The fourth-order valence-electron chi connectivity index (χ4n) is 1.57. The topological polar surface area (TPSA) is 55.1 Å². The van der Waals surface area contributed by atoms with Crippen molar-refractivity contribution in [1.82, 2.24) is 5.32 Å². The van der Waals surface area contributed by atoms with Crippen LogP contribution in [0.5, 0.6) is 0 Å². The number of rotatable bonds is 4. The highest BCUT2D eigenvalue weighted by Crippen LogP contribution is 2.16. The summed E-state index contributed by atoms with van der Waals surface area (Å²) in [5.74, 6) is 0.0840. The molecule has 1 unspecified atom stereocenters. The van der Waals surface area contributed by atoms with Crippen LogP contribution < -0.4 is 11.1 Å². The Bertz CT molecular complexity index is 384. The van der Waals surface area contributed by atoms with Gasteiger partial charge in [0.1, 0.15) is 5.78 Å². The predicted molar refractivity (Wildman–Crippen MR) is 84.9 cm³/mol. The lowest BCUT2D eigenvalue weighted by Gasteiger charge is -2.13. The third-order valence-corrected chi connectivity index (χ3v) is 2.67. The number of carbonyl (C=O) groups is 1. The van der Waals surface area contributed by atoms with Gasteiger partial charge in [-0.05, 0) is 17.6 Å². The first-order chi connectivity index (χ1) is 9.15. The van der Waals surface area contributed by atoms with Gasteiger partial charge in [-0.25, -0.2) is 0 Å². The number of nitrogens with two attached hydrogens (primary N) is 1. The molecule has 0 aromatic heterocycles. The van der Waals surface area contributed by atoms with E-state index in [-0.39, 0.29) is 7.21 Å². The fourth-order valence-corrected chi connectivity index (χ4v) is 1.57. The van der Waals surface area contributed by atoms with Gasteiger partial charge in [-0.3, -0.25) is 4.79 Å². The second-order valence-electron chi connectivity index (χ2n) is 4.02. The van der Waals surface area contributed by atoms with Crippen molar-refractivity contribution >= 4 is 5.78 Å². The van der Waals surface area contributed by atoms with E-state index < -0.39 is 6.04 Å². The van der Waals surface area contributed by atoms with E-state index in [1.807, 2.05) is 51.3 Å². The van der Waals surface area contributed by atoms with Gasteiger partial charge in [0.2, 0.25) is 0 Å². The Labute approximate surface area is 118 Å². The molecule has 1 rings (SSSR count). The van der Waals surface area contributed by atoms with E-state index in [0.717, 1.165) is 17.7 Å². The Morgan fingerprint density at radius 2 is 2.21 bits per heavy atom. The standard InChI is InChI=1S/C14H20N2O.C2H6.H2/c1-3-14(17)13(15)9-12-10-16-8-6-4-5-7-11(12)2;1-2;/h4-7,10,13,16H,2-3,8-9,15H2,1H3;1-2H3;1H/b6-4-,7-5-,12-10-;;. The summed E-state index contributed by atoms with van der Waals surface area (Å²) in [6.45, 7) is 10.6. The Morgan fingerprint density at radius 1 is 1.53 bits per heavy atom.